The van der Waals surface area contributed by atoms with E-state index in [4.69, 9.17) is 9.47 Å². The number of aromatic hydroxyl groups is 1. The molecular formula is C14H16N2O6. The summed E-state index contributed by atoms with van der Waals surface area (Å²) in [4.78, 5) is 36.4. The van der Waals surface area contributed by atoms with Crippen LogP contribution >= 0.6 is 0 Å². The molecule has 1 aliphatic rings. The molecule has 1 aromatic carbocycles. The van der Waals surface area contributed by atoms with Gasteiger partial charge in [-0.1, -0.05) is 0 Å². The minimum absolute atomic E-state index is 0.0914. The molecule has 0 spiro atoms. The average molecular weight is 308 g/mol. The molecule has 0 bridgehead atoms. The lowest BCUT2D eigenvalue weighted by atomic mass is 10.2. The van der Waals surface area contributed by atoms with Crippen molar-refractivity contribution < 1.29 is 29.0 Å². The molecule has 0 unspecified atom stereocenters. The SMILES string of the molecule is COc1ccc(C(=O)O[C@H](C)C(=O)N2CCNC2=O)c(O)c1. The van der Waals surface area contributed by atoms with Gasteiger partial charge in [0, 0.05) is 19.2 Å². The molecule has 1 saturated heterocycles. The van der Waals surface area contributed by atoms with Crippen LogP contribution < -0.4 is 10.1 Å². The van der Waals surface area contributed by atoms with Crippen molar-refractivity contribution in [3.8, 4) is 11.5 Å². The van der Waals surface area contributed by atoms with Crippen LogP contribution in [0.2, 0.25) is 0 Å². The molecule has 2 rings (SSSR count). The van der Waals surface area contributed by atoms with Crippen molar-refractivity contribution in [2.75, 3.05) is 20.2 Å². The quantitative estimate of drug-likeness (QED) is 0.785. The largest absolute Gasteiger partial charge is 0.507 e. The highest BCUT2D eigenvalue weighted by atomic mass is 16.5. The van der Waals surface area contributed by atoms with Crippen LogP contribution in [-0.2, 0) is 9.53 Å². The van der Waals surface area contributed by atoms with Gasteiger partial charge in [-0.05, 0) is 19.1 Å². The van der Waals surface area contributed by atoms with Crippen molar-refractivity contribution in [3.05, 3.63) is 23.8 Å². The van der Waals surface area contributed by atoms with Gasteiger partial charge >= 0.3 is 12.0 Å². The number of imide groups is 1. The van der Waals surface area contributed by atoms with Crippen molar-refractivity contribution in [1.82, 2.24) is 10.2 Å². The second-order valence-corrected chi connectivity index (χ2v) is 4.65. The lowest BCUT2D eigenvalue weighted by Crippen LogP contribution is -2.41. The van der Waals surface area contributed by atoms with Crippen LogP contribution in [0.1, 0.15) is 17.3 Å². The molecule has 0 saturated carbocycles. The number of carbonyl (C=O) groups is 3. The van der Waals surface area contributed by atoms with Gasteiger partial charge < -0.3 is 19.9 Å². The summed E-state index contributed by atoms with van der Waals surface area (Å²) in [6.45, 7) is 1.96. The third kappa shape index (κ3) is 3.11. The molecule has 118 valence electrons. The smallest absolute Gasteiger partial charge is 0.342 e. The summed E-state index contributed by atoms with van der Waals surface area (Å²) < 4.78 is 9.91. The number of amides is 3. The second kappa shape index (κ2) is 6.33. The van der Waals surface area contributed by atoms with E-state index in [9.17, 15) is 19.5 Å². The molecule has 0 radical (unpaired) electrons. The van der Waals surface area contributed by atoms with E-state index in [-0.39, 0.29) is 17.9 Å². The topological polar surface area (TPSA) is 105 Å². The van der Waals surface area contributed by atoms with Gasteiger partial charge in [-0.3, -0.25) is 9.69 Å². The first kappa shape index (κ1) is 15.6. The van der Waals surface area contributed by atoms with Crippen molar-refractivity contribution in [1.29, 1.82) is 0 Å². The Morgan fingerprint density at radius 1 is 1.41 bits per heavy atom. The Bertz CT molecular complexity index is 615. The molecule has 2 N–H and O–H groups in total. The Morgan fingerprint density at radius 3 is 2.68 bits per heavy atom. The maximum Gasteiger partial charge on any atom is 0.342 e. The molecule has 22 heavy (non-hydrogen) atoms. The van der Waals surface area contributed by atoms with Crippen LogP contribution in [0.4, 0.5) is 4.79 Å². The van der Waals surface area contributed by atoms with Gasteiger partial charge in [-0.15, -0.1) is 0 Å². The van der Waals surface area contributed by atoms with E-state index in [0.29, 0.717) is 12.3 Å². The zero-order valence-corrected chi connectivity index (χ0v) is 12.2. The number of carbonyl (C=O) groups excluding carboxylic acids is 3. The van der Waals surface area contributed by atoms with Gasteiger partial charge in [0.05, 0.1) is 7.11 Å². The number of hydrogen-bond acceptors (Lipinski definition) is 6. The Kier molecular flexibility index (Phi) is 4.50. The number of phenols is 1. The molecule has 8 nitrogen and oxygen atoms in total. The number of urea groups is 1. The van der Waals surface area contributed by atoms with E-state index in [1.807, 2.05) is 0 Å². The third-order valence-electron chi connectivity index (χ3n) is 3.18. The van der Waals surface area contributed by atoms with Gasteiger partial charge in [-0.2, -0.15) is 0 Å². The number of rotatable bonds is 4. The molecule has 1 fully saturated rings. The first-order valence-corrected chi connectivity index (χ1v) is 6.61. The van der Waals surface area contributed by atoms with Crippen molar-refractivity contribution in [3.63, 3.8) is 0 Å². The third-order valence-corrected chi connectivity index (χ3v) is 3.18. The van der Waals surface area contributed by atoms with E-state index >= 15 is 0 Å². The van der Waals surface area contributed by atoms with Crippen LogP contribution in [0.15, 0.2) is 18.2 Å². The first-order chi connectivity index (χ1) is 10.4. The maximum absolute atomic E-state index is 12.0. The summed E-state index contributed by atoms with van der Waals surface area (Å²) in [6, 6.07) is 3.56. The fourth-order valence-corrected chi connectivity index (χ4v) is 1.99. The van der Waals surface area contributed by atoms with E-state index < -0.39 is 24.0 Å². The van der Waals surface area contributed by atoms with Crippen LogP contribution in [0.5, 0.6) is 11.5 Å². The van der Waals surface area contributed by atoms with Crippen LogP contribution in [0.25, 0.3) is 0 Å². The number of ether oxygens (including phenoxy) is 2. The summed E-state index contributed by atoms with van der Waals surface area (Å²) in [5, 5.41) is 12.2. The van der Waals surface area contributed by atoms with E-state index in [1.54, 1.807) is 0 Å². The zero-order valence-electron chi connectivity index (χ0n) is 12.2. The van der Waals surface area contributed by atoms with E-state index in [2.05, 4.69) is 5.32 Å². The number of methoxy groups -OCH3 is 1. The fraction of sp³-hybridized carbons (Fsp3) is 0.357. The molecule has 1 atom stereocenters. The number of hydrogen-bond donors (Lipinski definition) is 2. The summed E-state index contributed by atoms with van der Waals surface area (Å²) >= 11 is 0. The standard InChI is InChI=1S/C14H16N2O6/c1-8(12(18)16-6-5-15-14(16)20)22-13(19)10-4-3-9(21-2)7-11(10)17/h3-4,7-8,17H,5-6H2,1-2H3,(H,15,20)/t8-/m1/s1. The minimum Gasteiger partial charge on any atom is -0.507 e. The maximum atomic E-state index is 12.0. The molecule has 3 amide bonds. The van der Waals surface area contributed by atoms with Gasteiger partial charge in [-0.25, -0.2) is 9.59 Å². The summed E-state index contributed by atoms with van der Waals surface area (Å²) in [7, 11) is 1.43. The lowest BCUT2D eigenvalue weighted by molar-refractivity contribution is -0.136. The molecular weight excluding hydrogens is 292 g/mol. The molecule has 8 heteroatoms. The van der Waals surface area contributed by atoms with Gasteiger partial charge in [0.25, 0.3) is 5.91 Å². The van der Waals surface area contributed by atoms with Gasteiger partial charge in [0.2, 0.25) is 0 Å². The molecule has 0 aliphatic carbocycles. The highest BCUT2D eigenvalue weighted by molar-refractivity contribution is 6.00. The number of nitrogens with zero attached hydrogens (tertiary/aromatic N) is 1. The normalized spacial score (nSPS) is 15.2. The van der Waals surface area contributed by atoms with Gasteiger partial charge in [0.15, 0.2) is 6.10 Å². The predicted octanol–water partition coefficient (Wildman–Crippen LogP) is 0.498. The second-order valence-electron chi connectivity index (χ2n) is 4.65. The van der Waals surface area contributed by atoms with Crippen molar-refractivity contribution in [2.24, 2.45) is 0 Å². The Hall–Kier alpha value is -2.77. The van der Waals surface area contributed by atoms with Gasteiger partial charge in [0.1, 0.15) is 17.1 Å². The number of benzene rings is 1. The minimum atomic E-state index is -1.14. The number of esters is 1. The van der Waals surface area contributed by atoms with Crippen LogP contribution in [-0.4, -0.2) is 54.2 Å². The van der Waals surface area contributed by atoms with Crippen LogP contribution in [0.3, 0.4) is 0 Å². The van der Waals surface area contributed by atoms with E-state index in [0.717, 1.165) is 4.90 Å². The highest BCUT2D eigenvalue weighted by Crippen LogP contribution is 2.24. The molecule has 0 aromatic heterocycles. The Balaban J connectivity index is 2.05. The fourth-order valence-electron chi connectivity index (χ4n) is 1.99. The first-order valence-electron chi connectivity index (χ1n) is 6.61. The summed E-state index contributed by atoms with van der Waals surface area (Å²) in [6.07, 6.45) is -1.14. The average Bonchev–Trinajstić information content (AvgIpc) is 2.92. The number of phenolic OH excluding ortho intramolecular Hbond substituents is 1. The van der Waals surface area contributed by atoms with Crippen molar-refractivity contribution in [2.45, 2.75) is 13.0 Å². The monoisotopic (exact) mass is 308 g/mol. The Labute approximate surface area is 126 Å². The molecule has 1 heterocycles. The lowest BCUT2D eigenvalue weighted by Gasteiger charge is -2.18. The molecule has 1 aromatic rings. The highest BCUT2D eigenvalue weighted by Gasteiger charge is 2.32. The summed E-state index contributed by atoms with van der Waals surface area (Å²) in [5.74, 6) is -1.41. The van der Waals surface area contributed by atoms with Crippen molar-refractivity contribution >= 4 is 17.9 Å². The summed E-state index contributed by atoms with van der Waals surface area (Å²) in [5.41, 5.74) is -0.0914. The van der Waals surface area contributed by atoms with Crippen LogP contribution in [0, 0.1) is 0 Å². The number of nitrogens with one attached hydrogen (secondary N) is 1. The Morgan fingerprint density at radius 2 is 2.14 bits per heavy atom. The molecule has 1 aliphatic heterocycles. The zero-order chi connectivity index (χ0) is 16.3. The predicted molar refractivity (Wildman–Crippen MR) is 74.6 cm³/mol. The van der Waals surface area contributed by atoms with E-state index in [1.165, 1.54) is 32.2 Å².